The van der Waals surface area contributed by atoms with E-state index in [0.29, 0.717) is 22.8 Å². The van der Waals surface area contributed by atoms with Crippen LogP contribution in [0, 0.1) is 0 Å². The van der Waals surface area contributed by atoms with Gasteiger partial charge in [0, 0.05) is 49.2 Å². The van der Waals surface area contributed by atoms with Gasteiger partial charge in [-0.2, -0.15) is 5.10 Å². The average molecular weight is 478 g/mol. The van der Waals surface area contributed by atoms with Gasteiger partial charge in [0.25, 0.3) is 0 Å². The van der Waals surface area contributed by atoms with E-state index in [0.717, 1.165) is 45.3 Å². The molecule has 11 heteroatoms. The number of nitrogens with one attached hydrogen (secondary N) is 1. The third-order valence-electron chi connectivity index (χ3n) is 5.90. The molecule has 0 aliphatic carbocycles. The smallest absolute Gasteiger partial charge is 0.188 e. The molecular formula is C20H24ClN7OS2. The Bertz CT molecular complexity index is 1140. The van der Waals surface area contributed by atoms with Crippen LogP contribution in [0.3, 0.4) is 0 Å². The Morgan fingerprint density at radius 3 is 2.68 bits per heavy atom. The number of thiazole rings is 2. The van der Waals surface area contributed by atoms with Crippen molar-refractivity contribution in [3.63, 3.8) is 0 Å². The second kappa shape index (κ2) is 8.70. The molecule has 4 aromatic rings. The Labute approximate surface area is 194 Å². The van der Waals surface area contributed by atoms with Crippen LogP contribution in [0.2, 0.25) is 0 Å². The second-order valence-corrected chi connectivity index (χ2v) is 9.76. The first-order chi connectivity index (χ1) is 14.5. The average Bonchev–Trinajstić information content (AvgIpc) is 3.46. The number of piperidine rings is 1. The van der Waals surface area contributed by atoms with Gasteiger partial charge in [-0.1, -0.05) is 22.7 Å². The van der Waals surface area contributed by atoms with Gasteiger partial charge in [0.15, 0.2) is 14.8 Å². The van der Waals surface area contributed by atoms with Crippen molar-refractivity contribution in [2.24, 2.45) is 0 Å². The number of hydrogen-bond donors (Lipinski definition) is 2. The number of aromatic nitrogens is 5. The lowest BCUT2D eigenvalue weighted by Crippen LogP contribution is -2.46. The minimum atomic E-state index is 0. The summed E-state index contributed by atoms with van der Waals surface area (Å²) >= 11 is 3.07. The molecule has 0 bridgehead atoms. The first-order valence-corrected chi connectivity index (χ1v) is 11.5. The molecular weight excluding hydrogens is 454 g/mol. The first kappa shape index (κ1) is 21.9. The summed E-state index contributed by atoms with van der Waals surface area (Å²) < 4.78 is 0. The van der Waals surface area contributed by atoms with Crippen molar-refractivity contribution in [1.29, 1.82) is 0 Å². The van der Waals surface area contributed by atoms with Gasteiger partial charge in [0.05, 0.1) is 6.20 Å². The van der Waals surface area contributed by atoms with Crippen molar-refractivity contribution in [3.05, 3.63) is 24.7 Å². The molecule has 1 aliphatic heterocycles. The van der Waals surface area contributed by atoms with Crippen molar-refractivity contribution in [2.45, 2.75) is 31.8 Å². The maximum absolute atomic E-state index is 10.5. The number of anilines is 1. The minimum absolute atomic E-state index is 0. The molecule has 2 unspecified atom stereocenters. The monoisotopic (exact) mass is 477 g/mol. The van der Waals surface area contributed by atoms with E-state index in [9.17, 15) is 5.11 Å². The molecule has 4 aromatic heterocycles. The Balaban J connectivity index is 0.00000231. The number of aromatic hydroxyl groups is 1. The molecule has 2 N–H and O–H groups in total. The van der Waals surface area contributed by atoms with E-state index in [1.165, 1.54) is 11.3 Å². The molecule has 5 rings (SSSR count). The molecule has 8 nitrogen and oxygen atoms in total. The Morgan fingerprint density at radius 2 is 2.00 bits per heavy atom. The van der Waals surface area contributed by atoms with Crippen LogP contribution in [0.4, 0.5) is 5.13 Å². The highest BCUT2D eigenvalue weighted by Gasteiger charge is 2.28. The van der Waals surface area contributed by atoms with Gasteiger partial charge in [-0.05, 0) is 32.9 Å². The van der Waals surface area contributed by atoms with E-state index >= 15 is 0 Å². The van der Waals surface area contributed by atoms with E-state index in [-0.39, 0.29) is 18.2 Å². The van der Waals surface area contributed by atoms with E-state index in [1.54, 1.807) is 36.0 Å². The van der Waals surface area contributed by atoms with Crippen LogP contribution in [0.5, 0.6) is 5.75 Å². The van der Waals surface area contributed by atoms with Crippen LogP contribution in [-0.2, 0) is 0 Å². The van der Waals surface area contributed by atoms with Crippen molar-refractivity contribution in [3.8, 4) is 27.6 Å². The molecule has 1 saturated heterocycles. The van der Waals surface area contributed by atoms with E-state index in [4.69, 9.17) is 9.97 Å². The molecule has 1 fully saturated rings. The predicted molar refractivity (Wildman–Crippen MR) is 129 cm³/mol. The van der Waals surface area contributed by atoms with E-state index in [1.807, 2.05) is 0 Å². The van der Waals surface area contributed by atoms with Crippen molar-refractivity contribution >= 4 is 49.9 Å². The zero-order valence-corrected chi connectivity index (χ0v) is 19.9. The number of nitrogens with zero attached hydrogens (tertiary/aromatic N) is 6. The number of H-pyrrole nitrogens is 1. The third kappa shape index (κ3) is 4.12. The summed E-state index contributed by atoms with van der Waals surface area (Å²) in [6, 6.07) is 2.77. The number of aromatic amines is 1. The molecule has 0 aromatic carbocycles. The minimum Gasteiger partial charge on any atom is -0.506 e. The summed E-state index contributed by atoms with van der Waals surface area (Å²) in [5, 5.41) is 18.9. The molecule has 1 aliphatic rings. The van der Waals surface area contributed by atoms with Gasteiger partial charge in [-0.25, -0.2) is 15.0 Å². The SMILES string of the molecule is CC1CC(N(C)c2nc3sc(-c4ncc(-c5cn[nH]c5)cc4O)nc3s2)CCN1C.Cl. The normalized spacial score (nSPS) is 19.5. The molecule has 164 valence electrons. The summed E-state index contributed by atoms with van der Waals surface area (Å²) in [7, 11) is 4.32. The molecule has 31 heavy (non-hydrogen) atoms. The van der Waals surface area contributed by atoms with Crippen LogP contribution in [0.1, 0.15) is 19.8 Å². The molecule has 0 spiro atoms. The zero-order chi connectivity index (χ0) is 20.8. The Hall–Kier alpha value is -2.27. The molecule has 0 radical (unpaired) electrons. The number of pyridine rings is 1. The van der Waals surface area contributed by atoms with Crippen molar-refractivity contribution in [2.75, 3.05) is 25.5 Å². The largest absolute Gasteiger partial charge is 0.506 e. The fourth-order valence-corrected chi connectivity index (χ4v) is 5.92. The van der Waals surface area contributed by atoms with Gasteiger partial charge in [0.2, 0.25) is 0 Å². The summed E-state index contributed by atoms with van der Waals surface area (Å²) in [6.07, 6.45) is 7.47. The van der Waals surface area contributed by atoms with E-state index < -0.39 is 0 Å². The van der Waals surface area contributed by atoms with Gasteiger partial charge >= 0.3 is 0 Å². The number of fused-ring (bicyclic) bond motifs is 1. The lowest BCUT2D eigenvalue weighted by Gasteiger charge is -2.39. The van der Waals surface area contributed by atoms with Crippen LogP contribution >= 0.6 is 35.1 Å². The van der Waals surface area contributed by atoms with Crippen LogP contribution < -0.4 is 4.90 Å². The second-order valence-electron chi connectivity index (χ2n) is 7.82. The molecule has 5 heterocycles. The van der Waals surface area contributed by atoms with E-state index in [2.05, 4.69) is 46.0 Å². The highest BCUT2D eigenvalue weighted by Crippen LogP contribution is 2.39. The molecule has 0 amide bonds. The summed E-state index contributed by atoms with van der Waals surface area (Å²) in [4.78, 5) is 20.5. The highest BCUT2D eigenvalue weighted by atomic mass is 35.5. The predicted octanol–water partition coefficient (Wildman–Crippen LogP) is 4.25. The van der Waals surface area contributed by atoms with Crippen molar-refractivity contribution in [1.82, 2.24) is 30.0 Å². The number of rotatable bonds is 4. The van der Waals surface area contributed by atoms with Gasteiger partial charge in [-0.3, -0.25) is 5.10 Å². The van der Waals surface area contributed by atoms with Crippen LogP contribution in [-0.4, -0.2) is 67.9 Å². The first-order valence-electron chi connectivity index (χ1n) is 9.88. The van der Waals surface area contributed by atoms with Crippen LogP contribution in [0.25, 0.3) is 31.5 Å². The van der Waals surface area contributed by atoms with Gasteiger partial charge < -0.3 is 14.9 Å². The maximum Gasteiger partial charge on any atom is 0.188 e. The maximum atomic E-state index is 10.5. The summed E-state index contributed by atoms with van der Waals surface area (Å²) in [6.45, 7) is 3.39. The lowest BCUT2D eigenvalue weighted by molar-refractivity contribution is 0.181. The third-order valence-corrected chi connectivity index (χ3v) is 8.02. The number of hydrogen-bond acceptors (Lipinski definition) is 9. The van der Waals surface area contributed by atoms with Crippen LogP contribution in [0.15, 0.2) is 24.7 Å². The standard InChI is InChI=1S/C20H23N7OS2.ClH/c1-11-6-14(4-5-26(11)2)27(3)20-25-19-18(30-20)24-17(29-19)16-15(28)7-12(8-21-16)13-9-22-23-10-13;/h7-11,14,28H,4-6H2,1-3H3,(H,22,23);1H. The summed E-state index contributed by atoms with van der Waals surface area (Å²) in [5.41, 5.74) is 2.16. The number of halogens is 1. The van der Waals surface area contributed by atoms with Gasteiger partial charge in [-0.15, -0.1) is 12.4 Å². The highest BCUT2D eigenvalue weighted by molar-refractivity contribution is 7.29. The molecule has 2 atom stereocenters. The summed E-state index contributed by atoms with van der Waals surface area (Å²) in [5.74, 6) is 0.104. The fourth-order valence-electron chi connectivity index (χ4n) is 3.84. The molecule has 0 saturated carbocycles. The zero-order valence-electron chi connectivity index (χ0n) is 17.4. The topological polar surface area (TPSA) is 94.1 Å². The van der Waals surface area contributed by atoms with Crippen molar-refractivity contribution < 1.29 is 5.11 Å². The Morgan fingerprint density at radius 1 is 1.19 bits per heavy atom. The lowest BCUT2D eigenvalue weighted by atomic mass is 9.98. The Kier molecular flexibility index (Phi) is 6.16. The quantitative estimate of drug-likeness (QED) is 0.453. The van der Waals surface area contributed by atoms with Gasteiger partial charge in [0.1, 0.15) is 16.5 Å². The fraction of sp³-hybridized carbons (Fsp3) is 0.400. The number of likely N-dealkylation sites (tertiary alicyclic amines) is 1.